The molecule has 1 aromatic heterocycles. The first-order valence-electron chi connectivity index (χ1n) is 9.07. The summed E-state index contributed by atoms with van der Waals surface area (Å²) in [5, 5.41) is 6.23. The summed E-state index contributed by atoms with van der Waals surface area (Å²) in [4.78, 5) is 6.96. The summed E-state index contributed by atoms with van der Waals surface area (Å²) in [6.45, 7) is 9.06. The Balaban J connectivity index is 1.73. The van der Waals surface area contributed by atoms with Crippen LogP contribution in [0.25, 0.3) is 12.2 Å². The molecule has 130 valence electrons. The summed E-state index contributed by atoms with van der Waals surface area (Å²) in [5.74, 6) is 0. The van der Waals surface area contributed by atoms with Gasteiger partial charge in [0.25, 0.3) is 0 Å². The molecular weight excluding hydrogens is 306 g/mol. The maximum atomic E-state index is 4.46. The number of aromatic nitrogens is 1. The van der Waals surface area contributed by atoms with Gasteiger partial charge in [0.05, 0.1) is 5.69 Å². The van der Waals surface area contributed by atoms with Crippen LogP contribution in [0.3, 0.4) is 0 Å². The number of nitrogens with zero attached hydrogens (tertiary/aromatic N) is 2. The quantitative estimate of drug-likeness (QED) is 0.912. The lowest BCUT2D eigenvalue weighted by Gasteiger charge is -2.33. The molecule has 2 aromatic rings. The first kappa shape index (κ1) is 17.4. The third kappa shape index (κ3) is 4.58. The molecule has 1 aromatic carbocycles. The molecular formula is C22H27N3. The van der Waals surface area contributed by atoms with E-state index in [1.54, 1.807) is 0 Å². The Morgan fingerprint density at radius 2 is 2.20 bits per heavy atom. The highest BCUT2D eigenvalue weighted by atomic mass is 15.2. The summed E-state index contributed by atoms with van der Waals surface area (Å²) >= 11 is 0. The summed E-state index contributed by atoms with van der Waals surface area (Å²) < 4.78 is 0. The van der Waals surface area contributed by atoms with Crippen molar-refractivity contribution in [1.82, 2.24) is 9.88 Å². The number of hydrogen-bond donors (Lipinski definition) is 1. The number of hydrogen-bond acceptors (Lipinski definition) is 3. The van der Waals surface area contributed by atoms with Crippen LogP contribution < -0.4 is 15.8 Å². The summed E-state index contributed by atoms with van der Waals surface area (Å²) in [7, 11) is 0. The maximum absolute atomic E-state index is 4.46. The van der Waals surface area contributed by atoms with E-state index in [0.717, 1.165) is 25.3 Å². The van der Waals surface area contributed by atoms with Crippen LogP contribution in [-0.2, 0) is 6.54 Å². The van der Waals surface area contributed by atoms with E-state index >= 15 is 0 Å². The molecule has 0 amide bonds. The molecule has 25 heavy (non-hydrogen) atoms. The minimum absolute atomic E-state index is 0.460. The third-order valence-corrected chi connectivity index (χ3v) is 4.71. The van der Waals surface area contributed by atoms with Crippen LogP contribution in [0, 0.1) is 0 Å². The average molecular weight is 333 g/mol. The predicted octanol–water partition coefficient (Wildman–Crippen LogP) is 2.93. The van der Waals surface area contributed by atoms with E-state index < -0.39 is 0 Å². The zero-order chi connectivity index (χ0) is 17.5. The van der Waals surface area contributed by atoms with Crippen LogP contribution in [0.5, 0.6) is 0 Å². The van der Waals surface area contributed by atoms with Crippen molar-refractivity contribution in [3.05, 3.63) is 71.4 Å². The van der Waals surface area contributed by atoms with Crippen LogP contribution in [0.4, 0.5) is 5.69 Å². The van der Waals surface area contributed by atoms with Crippen molar-refractivity contribution in [1.29, 1.82) is 0 Å². The van der Waals surface area contributed by atoms with E-state index in [1.165, 1.54) is 29.0 Å². The van der Waals surface area contributed by atoms with Crippen molar-refractivity contribution in [2.24, 2.45) is 0 Å². The Hall–Kier alpha value is -2.39. The number of allylic oxidation sites excluding steroid dienone is 1. The Morgan fingerprint density at radius 3 is 2.96 bits per heavy atom. The van der Waals surface area contributed by atoms with Crippen molar-refractivity contribution in [2.45, 2.75) is 32.4 Å². The molecule has 0 spiro atoms. The van der Waals surface area contributed by atoms with Gasteiger partial charge in [0.15, 0.2) is 0 Å². The Bertz CT molecular complexity index is 811. The number of benzene rings is 1. The molecule has 3 rings (SSSR count). The van der Waals surface area contributed by atoms with E-state index in [-0.39, 0.29) is 0 Å². The summed E-state index contributed by atoms with van der Waals surface area (Å²) in [6, 6.07) is 13.0. The Morgan fingerprint density at radius 1 is 1.28 bits per heavy atom. The predicted molar refractivity (Wildman–Crippen MR) is 107 cm³/mol. The maximum Gasteiger partial charge on any atom is 0.0543 e. The van der Waals surface area contributed by atoms with Gasteiger partial charge in [-0.05, 0) is 49.7 Å². The summed E-state index contributed by atoms with van der Waals surface area (Å²) in [5.41, 5.74) is 2.34. The monoisotopic (exact) mass is 333 g/mol. The van der Waals surface area contributed by atoms with Crippen LogP contribution in [0.1, 0.15) is 25.5 Å². The number of piperidine rings is 1. The van der Waals surface area contributed by atoms with Crippen molar-refractivity contribution in [3.63, 3.8) is 0 Å². The fraction of sp³-hybridized carbons (Fsp3) is 0.318. The van der Waals surface area contributed by atoms with Crippen molar-refractivity contribution in [3.8, 4) is 0 Å². The van der Waals surface area contributed by atoms with Gasteiger partial charge in [0.1, 0.15) is 0 Å². The highest BCUT2D eigenvalue weighted by Gasteiger charge is 2.20. The van der Waals surface area contributed by atoms with Gasteiger partial charge in [0, 0.05) is 36.2 Å². The molecule has 3 nitrogen and oxygen atoms in total. The van der Waals surface area contributed by atoms with Crippen molar-refractivity contribution in [2.75, 3.05) is 18.4 Å². The largest absolute Gasteiger partial charge is 0.381 e. The minimum Gasteiger partial charge on any atom is -0.381 e. The van der Waals surface area contributed by atoms with Gasteiger partial charge in [-0.1, -0.05) is 43.0 Å². The molecule has 1 atom stereocenters. The van der Waals surface area contributed by atoms with Crippen molar-refractivity contribution >= 4 is 17.8 Å². The molecule has 1 saturated heterocycles. The molecule has 2 heterocycles. The third-order valence-electron chi connectivity index (χ3n) is 4.71. The molecule has 0 aliphatic carbocycles. The Kier molecular flexibility index (Phi) is 6.02. The van der Waals surface area contributed by atoms with Gasteiger partial charge in [0.2, 0.25) is 0 Å². The Labute approximate surface area is 150 Å². The molecule has 0 bridgehead atoms. The fourth-order valence-corrected chi connectivity index (χ4v) is 3.52. The second-order valence-electron chi connectivity index (χ2n) is 6.54. The van der Waals surface area contributed by atoms with Gasteiger partial charge < -0.3 is 5.32 Å². The van der Waals surface area contributed by atoms with Gasteiger partial charge in [-0.2, -0.15) is 0 Å². The van der Waals surface area contributed by atoms with E-state index in [1.807, 2.05) is 18.3 Å². The van der Waals surface area contributed by atoms with Crippen molar-refractivity contribution < 1.29 is 0 Å². The molecule has 0 radical (unpaired) electrons. The molecule has 3 heteroatoms. The van der Waals surface area contributed by atoms with Crippen LogP contribution in [0.2, 0.25) is 0 Å². The topological polar surface area (TPSA) is 28.2 Å². The van der Waals surface area contributed by atoms with Crippen LogP contribution in [-0.4, -0.2) is 29.0 Å². The molecule has 1 aliphatic rings. The molecule has 1 N–H and O–H groups in total. The van der Waals surface area contributed by atoms with E-state index in [0.29, 0.717) is 6.04 Å². The highest BCUT2D eigenvalue weighted by molar-refractivity contribution is 5.54. The first-order chi connectivity index (χ1) is 12.3. The lowest BCUT2D eigenvalue weighted by Crippen LogP contribution is -2.43. The van der Waals surface area contributed by atoms with Crippen LogP contribution >= 0.6 is 0 Å². The standard InChI is InChI=1S/C22H27N3/c1-3-9-21-18(4-2)10-7-13-22(21)24-20-12-8-15-25(17-20)16-19-11-5-6-14-23-19/h3-7,9-11,13-14,20,24H,1,8,12,15-17H2,2H3/b18-4-,21-9+. The van der Waals surface area contributed by atoms with Crippen LogP contribution in [0.15, 0.2) is 55.3 Å². The molecule has 0 saturated carbocycles. The van der Waals surface area contributed by atoms with Gasteiger partial charge in [-0.25, -0.2) is 0 Å². The second-order valence-corrected chi connectivity index (χ2v) is 6.54. The molecule has 1 fully saturated rings. The lowest BCUT2D eigenvalue weighted by atomic mass is 10.0. The van der Waals surface area contributed by atoms with Gasteiger partial charge in [-0.15, -0.1) is 0 Å². The number of nitrogens with one attached hydrogen (secondary N) is 1. The zero-order valence-electron chi connectivity index (χ0n) is 15.0. The lowest BCUT2D eigenvalue weighted by molar-refractivity contribution is 0.206. The van der Waals surface area contributed by atoms with E-state index in [4.69, 9.17) is 0 Å². The molecule has 1 aliphatic heterocycles. The minimum atomic E-state index is 0.460. The number of anilines is 1. The normalized spacial score (nSPS) is 19.8. The second kappa shape index (κ2) is 8.63. The van der Waals surface area contributed by atoms with Gasteiger partial charge in [-0.3, -0.25) is 9.88 Å². The number of pyridine rings is 1. The average Bonchev–Trinajstić information content (AvgIpc) is 2.64. The van der Waals surface area contributed by atoms with E-state index in [2.05, 4.69) is 71.2 Å². The highest BCUT2D eigenvalue weighted by Crippen LogP contribution is 2.15. The smallest absolute Gasteiger partial charge is 0.0543 e. The number of rotatable bonds is 5. The SMILES string of the molecule is C=C/C=c1/c(NC2CCCN(Cc3ccccn3)C2)ccc/c1=C/C. The summed E-state index contributed by atoms with van der Waals surface area (Å²) in [6.07, 6.45) is 10.4. The zero-order valence-corrected chi connectivity index (χ0v) is 15.0. The fourth-order valence-electron chi connectivity index (χ4n) is 3.52. The molecule has 1 unspecified atom stereocenters. The van der Waals surface area contributed by atoms with Gasteiger partial charge >= 0.3 is 0 Å². The number of likely N-dealkylation sites (tertiary alicyclic amines) is 1. The van der Waals surface area contributed by atoms with E-state index in [9.17, 15) is 0 Å². The first-order valence-corrected chi connectivity index (χ1v) is 9.07.